The Balaban J connectivity index is 2.05. The van der Waals surface area contributed by atoms with E-state index < -0.39 is 5.97 Å². The number of amides is 1. The van der Waals surface area contributed by atoms with Gasteiger partial charge in [0.05, 0.1) is 0 Å². The van der Waals surface area contributed by atoms with Gasteiger partial charge in [-0.3, -0.25) is 14.4 Å². The summed E-state index contributed by atoms with van der Waals surface area (Å²) in [5, 5.41) is 11.3. The van der Waals surface area contributed by atoms with Crippen LogP contribution < -0.4 is 10.9 Å². The van der Waals surface area contributed by atoms with Crippen LogP contribution in [0.5, 0.6) is 0 Å². The number of aryl methyl sites for hydroxylation is 1. The highest BCUT2D eigenvalue weighted by Gasteiger charge is 2.02. The predicted molar refractivity (Wildman–Crippen MR) is 79.0 cm³/mol. The normalized spacial score (nSPS) is 10.3. The van der Waals surface area contributed by atoms with Gasteiger partial charge in [-0.2, -0.15) is 0 Å². The first-order chi connectivity index (χ1) is 10.1. The fourth-order valence-corrected chi connectivity index (χ4v) is 1.94. The Labute approximate surface area is 123 Å². The van der Waals surface area contributed by atoms with Crippen LogP contribution in [0.3, 0.4) is 0 Å². The van der Waals surface area contributed by atoms with Crippen molar-refractivity contribution in [1.82, 2.24) is 9.88 Å². The topological polar surface area (TPSA) is 88.4 Å². The minimum absolute atomic E-state index is 0.0729. The molecule has 1 amide bonds. The van der Waals surface area contributed by atoms with Crippen LogP contribution in [-0.2, 0) is 16.1 Å². The van der Waals surface area contributed by atoms with E-state index in [4.69, 9.17) is 5.11 Å². The molecule has 0 saturated carbocycles. The minimum atomic E-state index is -0.764. The van der Waals surface area contributed by atoms with Gasteiger partial charge in [0, 0.05) is 38.2 Å². The zero-order valence-corrected chi connectivity index (χ0v) is 12.1. The summed E-state index contributed by atoms with van der Waals surface area (Å²) >= 11 is 0. The van der Waals surface area contributed by atoms with E-state index >= 15 is 0 Å². The van der Waals surface area contributed by atoms with Gasteiger partial charge in [-0.15, -0.1) is 0 Å². The zero-order chi connectivity index (χ0) is 15.5. The van der Waals surface area contributed by atoms with Gasteiger partial charge in [0.25, 0.3) is 5.56 Å². The summed E-state index contributed by atoms with van der Waals surface area (Å²) in [6.45, 7) is 0.972. The molecule has 0 spiro atoms. The van der Waals surface area contributed by atoms with Crippen LogP contribution in [0.4, 0.5) is 0 Å². The molecule has 0 radical (unpaired) electrons. The van der Waals surface area contributed by atoms with Gasteiger partial charge in [0.1, 0.15) is 0 Å². The summed E-state index contributed by atoms with van der Waals surface area (Å²) in [4.78, 5) is 33.3. The van der Waals surface area contributed by atoms with Crippen LogP contribution in [0.15, 0.2) is 29.2 Å². The monoisotopic (exact) mass is 294 g/mol. The second-order valence-corrected chi connectivity index (χ2v) is 4.89. The molecule has 0 unspecified atom stereocenters. The lowest BCUT2D eigenvalue weighted by Gasteiger charge is -2.06. The number of nitrogens with one attached hydrogen (secondary N) is 1. The van der Waals surface area contributed by atoms with Crippen molar-refractivity contribution >= 4 is 11.9 Å². The van der Waals surface area contributed by atoms with Crippen molar-refractivity contribution in [3.8, 4) is 0 Å². The molecule has 1 rings (SSSR count). The molecule has 1 heterocycles. The standard InChI is InChI=1S/C15H22N2O4/c18-13(9-12-17-11-6-4-7-14(17)19)16-10-5-2-1-3-8-15(20)21/h4,6-7,11H,1-3,5,8-10,12H2,(H,16,18)(H,20,21). The zero-order valence-electron chi connectivity index (χ0n) is 12.1. The van der Waals surface area contributed by atoms with E-state index in [1.54, 1.807) is 18.3 Å². The van der Waals surface area contributed by atoms with Gasteiger partial charge in [0.15, 0.2) is 0 Å². The highest BCUT2D eigenvalue weighted by molar-refractivity contribution is 5.75. The second kappa shape index (κ2) is 9.74. The van der Waals surface area contributed by atoms with Gasteiger partial charge < -0.3 is 15.0 Å². The van der Waals surface area contributed by atoms with Crippen LogP contribution in [0, 0.1) is 0 Å². The van der Waals surface area contributed by atoms with Gasteiger partial charge in [-0.05, 0) is 18.9 Å². The molecule has 0 aliphatic carbocycles. The van der Waals surface area contributed by atoms with E-state index in [1.807, 2.05) is 0 Å². The molecule has 1 aromatic heterocycles. The Bertz CT molecular complexity index is 510. The summed E-state index contributed by atoms with van der Waals surface area (Å²) < 4.78 is 1.51. The Morgan fingerprint density at radius 1 is 1.10 bits per heavy atom. The number of aliphatic carboxylic acids is 1. The molecule has 0 aliphatic rings. The van der Waals surface area contributed by atoms with E-state index in [2.05, 4.69) is 5.32 Å². The smallest absolute Gasteiger partial charge is 0.303 e. The molecular weight excluding hydrogens is 272 g/mol. The molecule has 0 aromatic carbocycles. The molecule has 0 atom stereocenters. The second-order valence-electron chi connectivity index (χ2n) is 4.89. The number of aromatic nitrogens is 1. The Kier molecular flexibility index (Phi) is 7.86. The molecule has 0 saturated heterocycles. The van der Waals surface area contributed by atoms with Crippen LogP contribution >= 0.6 is 0 Å². The molecule has 0 aliphatic heterocycles. The molecule has 6 heteroatoms. The third-order valence-corrected chi connectivity index (χ3v) is 3.12. The summed E-state index contributed by atoms with van der Waals surface area (Å²) in [7, 11) is 0. The van der Waals surface area contributed by atoms with E-state index in [1.165, 1.54) is 10.6 Å². The van der Waals surface area contributed by atoms with E-state index in [-0.39, 0.29) is 24.3 Å². The largest absolute Gasteiger partial charge is 0.481 e. The quantitative estimate of drug-likeness (QED) is 0.638. The lowest BCUT2D eigenvalue weighted by atomic mass is 10.1. The van der Waals surface area contributed by atoms with E-state index in [0.29, 0.717) is 19.5 Å². The lowest BCUT2D eigenvalue weighted by Crippen LogP contribution is -2.27. The van der Waals surface area contributed by atoms with Crippen molar-refractivity contribution in [3.63, 3.8) is 0 Å². The first-order valence-electron chi connectivity index (χ1n) is 7.23. The number of carboxylic acid groups (broad SMARTS) is 1. The van der Waals surface area contributed by atoms with Crippen molar-refractivity contribution < 1.29 is 14.7 Å². The number of pyridine rings is 1. The number of hydrogen-bond donors (Lipinski definition) is 2. The molecule has 0 bridgehead atoms. The molecule has 0 fully saturated rings. The van der Waals surface area contributed by atoms with Crippen LogP contribution in [0.2, 0.25) is 0 Å². The van der Waals surface area contributed by atoms with Crippen molar-refractivity contribution in [2.45, 2.75) is 45.1 Å². The maximum Gasteiger partial charge on any atom is 0.303 e. The summed E-state index contributed by atoms with van der Waals surface area (Å²) in [5.74, 6) is -0.837. The summed E-state index contributed by atoms with van der Waals surface area (Å²) in [6, 6.07) is 4.90. The third-order valence-electron chi connectivity index (χ3n) is 3.12. The number of carbonyl (C=O) groups is 2. The first-order valence-corrected chi connectivity index (χ1v) is 7.23. The molecule has 1 aromatic rings. The van der Waals surface area contributed by atoms with Gasteiger partial charge in [-0.1, -0.05) is 18.9 Å². The average Bonchev–Trinajstić information content (AvgIpc) is 2.45. The summed E-state index contributed by atoms with van der Waals surface area (Å²) in [6.07, 6.45) is 5.45. The molecular formula is C15H22N2O4. The van der Waals surface area contributed by atoms with Crippen molar-refractivity contribution in [1.29, 1.82) is 0 Å². The summed E-state index contributed by atoms with van der Waals surface area (Å²) in [5.41, 5.74) is -0.108. The molecule has 6 nitrogen and oxygen atoms in total. The number of hydrogen-bond acceptors (Lipinski definition) is 3. The minimum Gasteiger partial charge on any atom is -0.481 e. The molecule has 2 N–H and O–H groups in total. The molecule has 21 heavy (non-hydrogen) atoms. The highest BCUT2D eigenvalue weighted by atomic mass is 16.4. The molecule has 116 valence electrons. The Morgan fingerprint density at radius 2 is 1.86 bits per heavy atom. The number of rotatable bonds is 10. The van der Waals surface area contributed by atoms with Crippen molar-refractivity contribution in [2.24, 2.45) is 0 Å². The van der Waals surface area contributed by atoms with Gasteiger partial charge >= 0.3 is 5.97 Å². The lowest BCUT2D eigenvalue weighted by molar-refractivity contribution is -0.137. The highest BCUT2D eigenvalue weighted by Crippen LogP contribution is 2.02. The van der Waals surface area contributed by atoms with Crippen LogP contribution in [-0.4, -0.2) is 28.1 Å². The van der Waals surface area contributed by atoms with Gasteiger partial charge in [0.2, 0.25) is 5.91 Å². The van der Waals surface area contributed by atoms with E-state index in [9.17, 15) is 14.4 Å². The first kappa shape index (κ1) is 16.9. The predicted octanol–water partition coefficient (Wildman–Crippen LogP) is 1.39. The maximum atomic E-state index is 11.6. The fraction of sp³-hybridized carbons (Fsp3) is 0.533. The number of carboxylic acids is 1. The third kappa shape index (κ3) is 7.91. The Hall–Kier alpha value is -2.11. The average molecular weight is 294 g/mol. The Morgan fingerprint density at radius 3 is 2.57 bits per heavy atom. The fourth-order valence-electron chi connectivity index (χ4n) is 1.94. The number of carbonyl (C=O) groups excluding carboxylic acids is 1. The number of unbranched alkanes of at least 4 members (excludes halogenated alkanes) is 3. The van der Waals surface area contributed by atoms with Crippen LogP contribution in [0.1, 0.15) is 38.5 Å². The van der Waals surface area contributed by atoms with Crippen LogP contribution in [0.25, 0.3) is 0 Å². The maximum absolute atomic E-state index is 11.6. The van der Waals surface area contributed by atoms with Crippen molar-refractivity contribution in [3.05, 3.63) is 34.7 Å². The van der Waals surface area contributed by atoms with E-state index in [0.717, 1.165) is 19.3 Å². The number of nitrogens with zero attached hydrogens (tertiary/aromatic N) is 1. The van der Waals surface area contributed by atoms with Gasteiger partial charge in [-0.25, -0.2) is 0 Å². The van der Waals surface area contributed by atoms with Crippen molar-refractivity contribution in [2.75, 3.05) is 6.54 Å². The SMILES string of the molecule is O=C(O)CCCCCCNC(=O)CCn1ccccc1=O.